The molecular formula is C51H93NO6. The number of rotatable bonds is 35. The number of carbonyl (C=O) groups excluding carboxylic acids is 3. The van der Waals surface area contributed by atoms with Crippen LogP contribution in [0.2, 0.25) is 0 Å². The highest BCUT2D eigenvalue weighted by Gasteiger charge is 2.65. The van der Waals surface area contributed by atoms with Crippen molar-refractivity contribution in [2.45, 2.75) is 228 Å². The molecule has 0 aromatic rings. The highest BCUT2D eigenvalue weighted by molar-refractivity contribution is 5.73. The van der Waals surface area contributed by atoms with Crippen molar-refractivity contribution in [1.29, 1.82) is 0 Å². The number of carbonyl (C=O) groups is 3. The number of hydrogen-bond donors (Lipinski definition) is 0. The lowest BCUT2D eigenvalue weighted by Crippen LogP contribution is -2.59. The van der Waals surface area contributed by atoms with E-state index in [1.807, 2.05) is 0 Å². The Morgan fingerprint density at radius 3 is 1.41 bits per heavy atom. The third kappa shape index (κ3) is 17.0. The van der Waals surface area contributed by atoms with Crippen molar-refractivity contribution in [3.8, 4) is 0 Å². The number of likely N-dealkylation sites (N-methyl/N-ethyl adjacent to an activating group) is 1. The molecule has 0 spiro atoms. The van der Waals surface area contributed by atoms with Gasteiger partial charge in [-0.15, -0.1) is 0 Å². The predicted octanol–water partition coefficient (Wildman–Crippen LogP) is 13.4. The van der Waals surface area contributed by atoms with Crippen LogP contribution in [0.3, 0.4) is 0 Å². The fraction of sp³-hybridized carbons (Fsp3) is 0.941. The highest BCUT2D eigenvalue weighted by Crippen LogP contribution is 2.73. The van der Waals surface area contributed by atoms with E-state index in [2.05, 4.69) is 53.4 Å². The van der Waals surface area contributed by atoms with Crippen LogP contribution in [-0.4, -0.2) is 62.3 Å². The molecule has 0 aliphatic heterocycles. The van der Waals surface area contributed by atoms with Gasteiger partial charge in [0.1, 0.15) is 6.61 Å². The SMILES string of the molecule is CCCCCC(CCCCC)CCOC(=O)CCC12CC3CC(CCC(=O)OCCN(CC)CC)(C1)CC(C(C)C(=O)OCCC(CCCCC)CCCCC)(C3)C2. The summed E-state index contributed by atoms with van der Waals surface area (Å²) in [7, 11) is 0. The van der Waals surface area contributed by atoms with Gasteiger partial charge in [-0.25, -0.2) is 0 Å². The molecule has 4 aliphatic rings. The highest BCUT2D eigenvalue weighted by atomic mass is 16.5. The molecule has 0 aromatic heterocycles. The Kier molecular flexibility index (Phi) is 23.9. The van der Waals surface area contributed by atoms with Crippen LogP contribution < -0.4 is 0 Å². The van der Waals surface area contributed by atoms with Gasteiger partial charge in [0, 0.05) is 19.4 Å². The third-order valence-electron chi connectivity index (χ3n) is 15.3. The number of nitrogens with zero attached hydrogens (tertiary/aromatic N) is 1. The maximum absolute atomic E-state index is 14.1. The summed E-state index contributed by atoms with van der Waals surface area (Å²) in [5, 5.41) is 0. The van der Waals surface area contributed by atoms with Crippen molar-refractivity contribution in [3.63, 3.8) is 0 Å². The smallest absolute Gasteiger partial charge is 0.309 e. The second kappa shape index (κ2) is 27.3. The van der Waals surface area contributed by atoms with Crippen molar-refractivity contribution in [3.05, 3.63) is 0 Å². The molecule has 0 aromatic carbocycles. The maximum atomic E-state index is 14.1. The summed E-state index contributed by atoms with van der Waals surface area (Å²) in [6, 6.07) is 0. The van der Waals surface area contributed by atoms with Gasteiger partial charge in [-0.3, -0.25) is 14.4 Å². The molecule has 4 bridgehead atoms. The standard InChI is InChI=1S/C51H93NO6/c1-8-14-18-22-43(23-19-15-9-2)28-33-56-46(53)26-30-49-36-45-37-50(39-49,31-27-47(54)57-35-32-52(12-5)13-6)41-51(38-45,40-49)42(7)48(55)58-34-29-44(24-20-16-10-3)25-21-17-11-4/h42-45H,8-41H2,1-7H3. The van der Waals surface area contributed by atoms with Gasteiger partial charge in [-0.1, -0.05) is 151 Å². The number of unbranched alkanes of at least 4 members (excludes halogenated alkanes) is 8. The van der Waals surface area contributed by atoms with Gasteiger partial charge < -0.3 is 19.1 Å². The first-order chi connectivity index (χ1) is 28.0. The zero-order valence-electron chi connectivity index (χ0n) is 39.2. The van der Waals surface area contributed by atoms with Gasteiger partial charge in [0.05, 0.1) is 19.1 Å². The molecule has 0 saturated heterocycles. The normalized spacial score (nSPS) is 24.2. The molecule has 0 heterocycles. The van der Waals surface area contributed by atoms with Crippen LogP contribution in [0.5, 0.6) is 0 Å². The number of hydrogen-bond acceptors (Lipinski definition) is 7. The predicted molar refractivity (Wildman–Crippen MR) is 240 cm³/mol. The van der Waals surface area contributed by atoms with E-state index in [0.29, 0.717) is 50.4 Å². The lowest BCUT2D eigenvalue weighted by atomic mass is 9.36. The molecule has 5 unspecified atom stereocenters. The Morgan fingerprint density at radius 1 is 0.552 bits per heavy atom. The van der Waals surface area contributed by atoms with Gasteiger partial charge in [0.2, 0.25) is 0 Å². The minimum atomic E-state index is -0.196. The molecule has 338 valence electrons. The van der Waals surface area contributed by atoms with E-state index in [0.717, 1.165) is 83.8 Å². The van der Waals surface area contributed by atoms with E-state index in [9.17, 15) is 14.4 Å². The van der Waals surface area contributed by atoms with Crippen LogP contribution >= 0.6 is 0 Å². The van der Waals surface area contributed by atoms with Crippen LogP contribution in [0.4, 0.5) is 0 Å². The lowest BCUT2D eigenvalue weighted by molar-refractivity contribution is -0.198. The largest absolute Gasteiger partial charge is 0.466 e. The Labute approximate surface area is 358 Å². The van der Waals surface area contributed by atoms with E-state index >= 15 is 0 Å². The zero-order valence-corrected chi connectivity index (χ0v) is 39.2. The van der Waals surface area contributed by atoms with Gasteiger partial charge >= 0.3 is 17.9 Å². The molecule has 0 radical (unpaired) electrons. The van der Waals surface area contributed by atoms with Crippen molar-refractivity contribution >= 4 is 17.9 Å². The molecule has 4 saturated carbocycles. The first-order valence-electron chi connectivity index (χ1n) is 25.2. The number of esters is 3. The molecular weight excluding hydrogens is 723 g/mol. The summed E-state index contributed by atoms with van der Waals surface area (Å²) in [6.07, 6.45) is 30.8. The van der Waals surface area contributed by atoms with Crippen molar-refractivity contribution in [1.82, 2.24) is 4.90 Å². The summed E-state index contributed by atoms with van der Waals surface area (Å²) in [5.41, 5.74) is -0.172. The average Bonchev–Trinajstić information content (AvgIpc) is 3.20. The summed E-state index contributed by atoms with van der Waals surface area (Å²) in [6.45, 7) is 19.6. The van der Waals surface area contributed by atoms with Gasteiger partial charge in [0.25, 0.3) is 0 Å². The van der Waals surface area contributed by atoms with Crippen LogP contribution in [-0.2, 0) is 28.6 Å². The lowest BCUT2D eigenvalue weighted by Gasteiger charge is -2.68. The van der Waals surface area contributed by atoms with E-state index in [-0.39, 0.29) is 40.1 Å². The first-order valence-corrected chi connectivity index (χ1v) is 25.2. The van der Waals surface area contributed by atoms with Crippen molar-refractivity contribution < 1.29 is 28.6 Å². The van der Waals surface area contributed by atoms with E-state index in [1.54, 1.807) is 0 Å². The Bertz CT molecular complexity index is 1140. The monoisotopic (exact) mass is 816 g/mol. The molecule has 4 aliphatic carbocycles. The van der Waals surface area contributed by atoms with Crippen LogP contribution in [0.25, 0.3) is 0 Å². The minimum Gasteiger partial charge on any atom is -0.466 e. The van der Waals surface area contributed by atoms with Crippen LogP contribution in [0.15, 0.2) is 0 Å². The fourth-order valence-corrected chi connectivity index (χ4v) is 12.3. The maximum Gasteiger partial charge on any atom is 0.309 e. The summed E-state index contributed by atoms with van der Waals surface area (Å²) >= 11 is 0. The summed E-state index contributed by atoms with van der Waals surface area (Å²) in [5.74, 6) is 1.40. The Morgan fingerprint density at radius 2 is 0.983 bits per heavy atom. The molecule has 7 heteroatoms. The molecule has 0 N–H and O–H groups in total. The molecule has 4 rings (SSSR count). The second-order valence-corrected chi connectivity index (χ2v) is 20.0. The zero-order chi connectivity index (χ0) is 42.3. The molecule has 7 nitrogen and oxygen atoms in total. The second-order valence-electron chi connectivity index (χ2n) is 20.0. The van der Waals surface area contributed by atoms with Crippen molar-refractivity contribution in [2.75, 3.05) is 39.5 Å². The van der Waals surface area contributed by atoms with Gasteiger partial charge in [0.15, 0.2) is 0 Å². The molecule has 58 heavy (non-hydrogen) atoms. The Hall–Kier alpha value is -1.63. The van der Waals surface area contributed by atoms with E-state index in [1.165, 1.54) is 103 Å². The van der Waals surface area contributed by atoms with Crippen LogP contribution in [0.1, 0.15) is 228 Å². The van der Waals surface area contributed by atoms with Crippen LogP contribution in [0, 0.1) is 39.9 Å². The Balaban J connectivity index is 1.68. The summed E-state index contributed by atoms with van der Waals surface area (Å²) in [4.78, 5) is 43.0. The quantitative estimate of drug-likeness (QED) is 0.0358. The van der Waals surface area contributed by atoms with Gasteiger partial charge in [-0.05, 0) is 111 Å². The molecule has 4 fully saturated rings. The summed E-state index contributed by atoms with van der Waals surface area (Å²) < 4.78 is 18.0. The van der Waals surface area contributed by atoms with E-state index < -0.39 is 0 Å². The average molecular weight is 816 g/mol. The number of ether oxygens (including phenoxy) is 3. The first kappa shape index (κ1) is 50.7. The minimum absolute atomic E-state index is 0.00781. The molecule has 0 amide bonds. The van der Waals surface area contributed by atoms with Gasteiger partial charge in [-0.2, -0.15) is 0 Å². The third-order valence-corrected chi connectivity index (χ3v) is 15.3. The topological polar surface area (TPSA) is 82.1 Å². The van der Waals surface area contributed by atoms with E-state index in [4.69, 9.17) is 14.2 Å². The van der Waals surface area contributed by atoms with Crippen molar-refractivity contribution in [2.24, 2.45) is 39.9 Å². The fourth-order valence-electron chi connectivity index (χ4n) is 12.3. The molecule has 5 atom stereocenters.